The van der Waals surface area contributed by atoms with E-state index in [1.807, 2.05) is 26.8 Å². The molecule has 1 unspecified atom stereocenters. The molecular weight excluding hydrogens is 302 g/mol. The van der Waals surface area contributed by atoms with Gasteiger partial charge in [-0.25, -0.2) is 4.79 Å². The lowest BCUT2D eigenvalue weighted by Crippen LogP contribution is -2.54. The molecule has 0 radical (unpaired) electrons. The predicted octanol–water partition coefficient (Wildman–Crippen LogP) is 3.07. The van der Waals surface area contributed by atoms with Crippen LogP contribution in [0.4, 0.5) is 4.79 Å². The van der Waals surface area contributed by atoms with Crippen molar-refractivity contribution in [2.75, 3.05) is 0 Å². The SMILES string of the molecule is CC(C)(C)C1(C)NC(=O)N(Cc2ccc(Cl)cc2C#N)C1=O. The van der Waals surface area contributed by atoms with Gasteiger partial charge >= 0.3 is 6.03 Å². The van der Waals surface area contributed by atoms with Crippen LogP contribution in [0.25, 0.3) is 0 Å². The maximum absolute atomic E-state index is 12.7. The lowest BCUT2D eigenvalue weighted by atomic mass is 9.75. The van der Waals surface area contributed by atoms with Gasteiger partial charge < -0.3 is 5.32 Å². The molecule has 0 aliphatic carbocycles. The number of hydrogen-bond acceptors (Lipinski definition) is 3. The van der Waals surface area contributed by atoms with E-state index in [1.54, 1.807) is 19.1 Å². The molecule has 1 aliphatic heterocycles. The number of amides is 3. The van der Waals surface area contributed by atoms with E-state index in [0.717, 1.165) is 4.90 Å². The van der Waals surface area contributed by atoms with Crippen LogP contribution in [0.1, 0.15) is 38.8 Å². The maximum atomic E-state index is 12.7. The third-order valence-electron chi connectivity index (χ3n) is 4.30. The van der Waals surface area contributed by atoms with Crippen LogP contribution in [0.3, 0.4) is 0 Å². The summed E-state index contributed by atoms with van der Waals surface area (Å²) in [5.41, 5.74) is -0.443. The third-order valence-corrected chi connectivity index (χ3v) is 4.53. The van der Waals surface area contributed by atoms with E-state index >= 15 is 0 Å². The van der Waals surface area contributed by atoms with Crippen molar-refractivity contribution in [1.82, 2.24) is 10.2 Å². The zero-order valence-corrected chi connectivity index (χ0v) is 13.8. The topological polar surface area (TPSA) is 73.2 Å². The van der Waals surface area contributed by atoms with Crippen molar-refractivity contribution in [2.24, 2.45) is 5.41 Å². The minimum absolute atomic E-state index is 0.0520. The summed E-state index contributed by atoms with van der Waals surface area (Å²) in [5, 5.41) is 12.4. The monoisotopic (exact) mass is 319 g/mol. The van der Waals surface area contributed by atoms with E-state index in [2.05, 4.69) is 5.32 Å². The summed E-state index contributed by atoms with van der Waals surface area (Å²) in [6, 6.07) is 6.42. The average molecular weight is 320 g/mol. The summed E-state index contributed by atoms with van der Waals surface area (Å²) in [6.07, 6.45) is 0. The Kier molecular flexibility index (Phi) is 3.92. The van der Waals surface area contributed by atoms with Crippen molar-refractivity contribution in [3.8, 4) is 6.07 Å². The number of urea groups is 1. The molecular formula is C16H18ClN3O2. The quantitative estimate of drug-likeness (QED) is 0.851. The van der Waals surface area contributed by atoms with Crippen LogP contribution in [-0.4, -0.2) is 22.4 Å². The first-order chi connectivity index (χ1) is 10.1. The molecule has 0 aromatic heterocycles. The Labute approximate surface area is 134 Å². The van der Waals surface area contributed by atoms with Crippen LogP contribution in [-0.2, 0) is 11.3 Å². The molecule has 1 heterocycles. The number of halogens is 1. The number of carbonyl (C=O) groups is 2. The second kappa shape index (κ2) is 5.29. The molecule has 1 saturated heterocycles. The normalized spacial score (nSPS) is 21.7. The highest BCUT2D eigenvalue weighted by atomic mass is 35.5. The molecule has 1 N–H and O–H groups in total. The Morgan fingerprint density at radius 1 is 1.36 bits per heavy atom. The molecule has 1 aliphatic rings. The van der Waals surface area contributed by atoms with Gasteiger partial charge in [-0.1, -0.05) is 38.4 Å². The van der Waals surface area contributed by atoms with Crippen molar-refractivity contribution in [3.05, 3.63) is 34.3 Å². The fourth-order valence-corrected chi connectivity index (χ4v) is 2.48. The molecule has 1 atom stereocenters. The van der Waals surface area contributed by atoms with Crippen molar-refractivity contribution < 1.29 is 9.59 Å². The molecule has 0 spiro atoms. The molecule has 5 nitrogen and oxygen atoms in total. The number of nitrogens with one attached hydrogen (secondary N) is 1. The number of rotatable bonds is 2. The second-order valence-electron chi connectivity index (χ2n) is 6.61. The minimum atomic E-state index is -0.969. The molecule has 1 fully saturated rings. The van der Waals surface area contributed by atoms with E-state index < -0.39 is 17.0 Å². The first-order valence-electron chi connectivity index (χ1n) is 6.93. The van der Waals surface area contributed by atoms with E-state index in [9.17, 15) is 9.59 Å². The number of benzene rings is 1. The Morgan fingerprint density at radius 2 is 2.00 bits per heavy atom. The molecule has 22 heavy (non-hydrogen) atoms. The van der Waals surface area contributed by atoms with Gasteiger partial charge in [0.25, 0.3) is 5.91 Å². The van der Waals surface area contributed by atoms with Crippen LogP contribution in [0.5, 0.6) is 0 Å². The fraction of sp³-hybridized carbons (Fsp3) is 0.438. The fourth-order valence-electron chi connectivity index (χ4n) is 2.31. The van der Waals surface area contributed by atoms with Gasteiger partial charge in [-0.05, 0) is 30.0 Å². The molecule has 0 saturated carbocycles. The highest BCUT2D eigenvalue weighted by molar-refractivity contribution is 6.30. The number of hydrogen-bond donors (Lipinski definition) is 1. The predicted molar refractivity (Wildman–Crippen MR) is 83.1 cm³/mol. The smallest absolute Gasteiger partial charge is 0.323 e. The van der Waals surface area contributed by atoms with Crippen molar-refractivity contribution in [2.45, 2.75) is 39.8 Å². The zero-order chi connectivity index (χ0) is 16.7. The summed E-state index contributed by atoms with van der Waals surface area (Å²) >= 11 is 5.86. The lowest BCUT2D eigenvalue weighted by Gasteiger charge is -2.35. The molecule has 0 bridgehead atoms. The molecule has 2 rings (SSSR count). The third kappa shape index (κ3) is 2.55. The molecule has 1 aromatic rings. The Balaban J connectivity index is 2.34. The van der Waals surface area contributed by atoms with Crippen molar-refractivity contribution in [1.29, 1.82) is 5.26 Å². The van der Waals surface area contributed by atoms with Crippen molar-refractivity contribution >= 4 is 23.5 Å². The van der Waals surface area contributed by atoms with Crippen LogP contribution < -0.4 is 5.32 Å². The summed E-state index contributed by atoms with van der Waals surface area (Å²) in [4.78, 5) is 26.0. The summed E-state index contributed by atoms with van der Waals surface area (Å²) in [6.45, 7) is 7.48. The van der Waals surface area contributed by atoms with Gasteiger partial charge in [0.05, 0.1) is 18.2 Å². The van der Waals surface area contributed by atoms with Gasteiger partial charge in [-0.2, -0.15) is 5.26 Å². The lowest BCUT2D eigenvalue weighted by molar-refractivity contribution is -0.134. The Bertz CT molecular complexity index is 688. The highest BCUT2D eigenvalue weighted by Gasteiger charge is 2.54. The van der Waals surface area contributed by atoms with E-state index in [0.29, 0.717) is 16.1 Å². The van der Waals surface area contributed by atoms with Gasteiger partial charge in [0, 0.05) is 5.02 Å². The number of imide groups is 1. The Morgan fingerprint density at radius 3 is 2.50 bits per heavy atom. The summed E-state index contributed by atoms with van der Waals surface area (Å²) in [7, 11) is 0. The molecule has 116 valence electrons. The zero-order valence-electron chi connectivity index (χ0n) is 13.0. The number of nitriles is 1. The molecule has 3 amide bonds. The minimum Gasteiger partial charge on any atom is -0.323 e. The molecule has 6 heteroatoms. The number of carbonyl (C=O) groups excluding carboxylic acids is 2. The summed E-state index contributed by atoms with van der Waals surface area (Å²) in [5.74, 6) is -0.288. The maximum Gasteiger partial charge on any atom is 0.325 e. The van der Waals surface area contributed by atoms with Crippen LogP contribution >= 0.6 is 11.6 Å². The first-order valence-corrected chi connectivity index (χ1v) is 7.30. The van der Waals surface area contributed by atoms with Gasteiger partial charge in [-0.15, -0.1) is 0 Å². The second-order valence-corrected chi connectivity index (χ2v) is 7.05. The highest BCUT2D eigenvalue weighted by Crippen LogP contribution is 2.36. The standard InChI is InChI=1S/C16H18ClN3O2/c1-15(2,3)16(4)13(21)20(14(22)19-16)9-10-5-6-12(17)7-11(10)8-18/h5-7H,9H2,1-4H3,(H,19,22). The average Bonchev–Trinajstić information content (AvgIpc) is 2.64. The first kappa shape index (κ1) is 16.3. The van der Waals surface area contributed by atoms with Gasteiger partial charge in [-0.3, -0.25) is 9.69 Å². The van der Waals surface area contributed by atoms with E-state index in [4.69, 9.17) is 16.9 Å². The largest absolute Gasteiger partial charge is 0.325 e. The van der Waals surface area contributed by atoms with Crippen LogP contribution in [0, 0.1) is 16.7 Å². The van der Waals surface area contributed by atoms with Crippen LogP contribution in [0.15, 0.2) is 18.2 Å². The van der Waals surface area contributed by atoms with Crippen LogP contribution in [0.2, 0.25) is 5.02 Å². The van der Waals surface area contributed by atoms with Gasteiger partial charge in [0.15, 0.2) is 0 Å². The van der Waals surface area contributed by atoms with Gasteiger partial charge in [0.1, 0.15) is 5.54 Å². The van der Waals surface area contributed by atoms with Gasteiger partial charge in [0.2, 0.25) is 0 Å². The summed E-state index contributed by atoms with van der Waals surface area (Å²) < 4.78 is 0. The van der Waals surface area contributed by atoms with E-state index in [1.165, 1.54) is 6.07 Å². The Hall–Kier alpha value is -2.06. The van der Waals surface area contributed by atoms with Crippen molar-refractivity contribution in [3.63, 3.8) is 0 Å². The number of nitrogens with zero attached hydrogens (tertiary/aromatic N) is 2. The molecule has 1 aromatic carbocycles. The van der Waals surface area contributed by atoms with E-state index in [-0.39, 0.29) is 12.5 Å².